The number of carboxylic acid groups (broad SMARTS) is 1. The van der Waals surface area contributed by atoms with Gasteiger partial charge in [-0.05, 0) is 25.7 Å². The van der Waals surface area contributed by atoms with Crippen molar-refractivity contribution in [2.45, 2.75) is 193 Å². The molecule has 0 saturated heterocycles. The maximum absolute atomic E-state index is 12.0. The van der Waals surface area contributed by atoms with Crippen LogP contribution in [0.3, 0.4) is 0 Å². The van der Waals surface area contributed by atoms with Gasteiger partial charge in [-0.25, -0.2) is 0 Å². The standard InChI is InChI=1S/C26H50O8.C12H24O2/c1-2-22(26(32)34-21-24(30)19-28)16-14-12-10-8-6-4-3-5-7-9-11-13-15-17-25(31)33-20-23(29)18-27;1-2-3-4-5-6-7-8-9-10-11-12(13)14/h22-24,27-30H,2-21H2,1H3;2-11H2,1H3,(H,13,14). The van der Waals surface area contributed by atoms with Gasteiger partial charge in [-0.1, -0.05) is 142 Å². The lowest BCUT2D eigenvalue weighted by atomic mass is 9.97. The van der Waals surface area contributed by atoms with Gasteiger partial charge in [-0.3, -0.25) is 14.4 Å². The summed E-state index contributed by atoms with van der Waals surface area (Å²) in [5.74, 6) is -1.36. The number of unbranched alkanes of at least 4 members (excludes halogenated alkanes) is 20. The Labute approximate surface area is 292 Å². The number of aliphatic hydroxyl groups excluding tert-OH is 4. The van der Waals surface area contributed by atoms with Crippen LogP contribution >= 0.6 is 0 Å². The molecule has 0 aliphatic carbocycles. The number of ether oxygens (including phenoxy) is 2. The van der Waals surface area contributed by atoms with Gasteiger partial charge < -0.3 is 35.0 Å². The second-order valence-electron chi connectivity index (χ2n) is 13.2. The van der Waals surface area contributed by atoms with E-state index in [1.165, 1.54) is 96.3 Å². The summed E-state index contributed by atoms with van der Waals surface area (Å²) >= 11 is 0. The van der Waals surface area contributed by atoms with E-state index >= 15 is 0 Å². The molecule has 0 radical (unpaired) electrons. The molecule has 0 aromatic carbocycles. The minimum atomic E-state index is -0.996. The highest BCUT2D eigenvalue weighted by Gasteiger charge is 2.18. The second-order valence-corrected chi connectivity index (χ2v) is 13.2. The highest BCUT2D eigenvalue weighted by molar-refractivity contribution is 5.72. The molecule has 0 aromatic rings. The summed E-state index contributed by atoms with van der Waals surface area (Å²) in [6, 6.07) is 0. The Balaban J connectivity index is 0. The van der Waals surface area contributed by atoms with Crippen LogP contribution in [-0.2, 0) is 23.9 Å². The molecule has 0 aliphatic heterocycles. The first-order chi connectivity index (χ1) is 23.2. The predicted molar refractivity (Wildman–Crippen MR) is 191 cm³/mol. The zero-order chi connectivity index (χ0) is 36.1. The summed E-state index contributed by atoms with van der Waals surface area (Å²) in [7, 11) is 0. The minimum absolute atomic E-state index is 0.120. The number of carbonyl (C=O) groups is 3. The largest absolute Gasteiger partial charge is 0.481 e. The molecule has 10 nitrogen and oxygen atoms in total. The molecule has 0 fully saturated rings. The number of esters is 2. The van der Waals surface area contributed by atoms with Gasteiger partial charge in [-0.2, -0.15) is 0 Å². The van der Waals surface area contributed by atoms with Gasteiger partial charge in [0.25, 0.3) is 0 Å². The zero-order valence-electron chi connectivity index (χ0n) is 30.7. The van der Waals surface area contributed by atoms with Gasteiger partial charge >= 0.3 is 17.9 Å². The zero-order valence-corrected chi connectivity index (χ0v) is 30.7. The van der Waals surface area contributed by atoms with E-state index in [0.717, 1.165) is 57.8 Å². The number of aliphatic hydroxyl groups is 4. The summed E-state index contributed by atoms with van der Waals surface area (Å²) in [5.41, 5.74) is 0. The molecule has 286 valence electrons. The number of carboxylic acids is 1. The maximum Gasteiger partial charge on any atom is 0.309 e. The van der Waals surface area contributed by atoms with Crippen molar-refractivity contribution in [1.29, 1.82) is 0 Å². The summed E-state index contributed by atoms with van der Waals surface area (Å²) in [4.78, 5) is 33.7. The Morgan fingerprint density at radius 1 is 0.521 bits per heavy atom. The molecule has 0 bridgehead atoms. The van der Waals surface area contributed by atoms with E-state index in [-0.39, 0.29) is 31.1 Å². The van der Waals surface area contributed by atoms with E-state index in [1.807, 2.05) is 6.92 Å². The molecule has 0 rings (SSSR count). The fraction of sp³-hybridized carbons (Fsp3) is 0.921. The fourth-order valence-electron chi connectivity index (χ4n) is 5.34. The van der Waals surface area contributed by atoms with E-state index in [9.17, 15) is 19.5 Å². The van der Waals surface area contributed by atoms with E-state index in [0.29, 0.717) is 12.8 Å². The summed E-state index contributed by atoms with van der Waals surface area (Å²) in [5, 5.41) is 44.2. The molecule has 3 unspecified atom stereocenters. The third-order valence-corrected chi connectivity index (χ3v) is 8.53. The summed E-state index contributed by atoms with van der Waals surface area (Å²) < 4.78 is 9.93. The fourth-order valence-corrected chi connectivity index (χ4v) is 5.34. The van der Waals surface area contributed by atoms with Gasteiger partial charge in [0.2, 0.25) is 0 Å². The van der Waals surface area contributed by atoms with Crippen molar-refractivity contribution in [3.05, 3.63) is 0 Å². The van der Waals surface area contributed by atoms with Crippen LogP contribution < -0.4 is 0 Å². The van der Waals surface area contributed by atoms with Crippen molar-refractivity contribution in [2.75, 3.05) is 26.4 Å². The Kier molecular flexibility index (Phi) is 38.3. The average Bonchev–Trinajstić information content (AvgIpc) is 3.08. The van der Waals surface area contributed by atoms with Crippen molar-refractivity contribution in [1.82, 2.24) is 0 Å². The maximum atomic E-state index is 12.0. The van der Waals surface area contributed by atoms with Crippen LogP contribution in [-0.4, -0.2) is 82.1 Å². The predicted octanol–water partition coefficient (Wildman–Crippen LogP) is 7.65. The second kappa shape index (κ2) is 38.1. The molecule has 0 spiro atoms. The minimum Gasteiger partial charge on any atom is -0.481 e. The first-order valence-electron chi connectivity index (χ1n) is 19.3. The van der Waals surface area contributed by atoms with Crippen LogP contribution in [0.5, 0.6) is 0 Å². The SMILES string of the molecule is CCC(CCCCCCCCCCCCCCCC(=O)OCC(O)CO)C(=O)OCC(O)CO.CCCCCCCCCCCC(=O)O. The molecule has 3 atom stereocenters. The molecule has 0 saturated carbocycles. The molecule has 48 heavy (non-hydrogen) atoms. The van der Waals surface area contributed by atoms with E-state index in [1.54, 1.807) is 0 Å². The number of hydrogen-bond donors (Lipinski definition) is 5. The lowest BCUT2D eigenvalue weighted by Gasteiger charge is -2.15. The van der Waals surface area contributed by atoms with Crippen molar-refractivity contribution < 1.29 is 49.4 Å². The molecular formula is C38H74O10. The summed E-state index contributed by atoms with van der Waals surface area (Å²) in [6.07, 6.45) is 26.4. The third kappa shape index (κ3) is 37.1. The van der Waals surface area contributed by atoms with Gasteiger partial charge in [0.15, 0.2) is 0 Å². The molecular weight excluding hydrogens is 616 g/mol. The van der Waals surface area contributed by atoms with E-state index in [4.69, 9.17) is 29.9 Å². The number of hydrogen-bond acceptors (Lipinski definition) is 9. The van der Waals surface area contributed by atoms with Crippen molar-refractivity contribution in [3.63, 3.8) is 0 Å². The van der Waals surface area contributed by atoms with Crippen LogP contribution in [0.1, 0.15) is 181 Å². The van der Waals surface area contributed by atoms with Crippen molar-refractivity contribution >= 4 is 17.9 Å². The molecule has 0 aromatic heterocycles. The van der Waals surface area contributed by atoms with Crippen LogP contribution in [0.25, 0.3) is 0 Å². The lowest BCUT2D eigenvalue weighted by molar-refractivity contribution is -0.152. The molecule has 5 N–H and O–H groups in total. The van der Waals surface area contributed by atoms with Crippen LogP contribution in [0, 0.1) is 5.92 Å². The smallest absolute Gasteiger partial charge is 0.309 e. The van der Waals surface area contributed by atoms with Gasteiger partial charge in [0.1, 0.15) is 25.4 Å². The quantitative estimate of drug-likeness (QED) is 0.0334. The van der Waals surface area contributed by atoms with E-state index in [2.05, 4.69) is 6.92 Å². The number of rotatable bonds is 34. The third-order valence-electron chi connectivity index (χ3n) is 8.53. The Morgan fingerprint density at radius 2 is 0.896 bits per heavy atom. The Bertz CT molecular complexity index is 718. The van der Waals surface area contributed by atoms with Crippen molar-refractivity contribution in [2.24, 2.45) is 5.92 Å². The van der Waals surface area contributed by atoms with Crippen LogP contribution in [0.15, 0.2) is 0 Å². The monoisotopic (exact) mass is 691 g/mol. The Hall–Kier alpha value is -1.75. The van der Waals surface area contributed by atoms with Crippen LogP contribution in [0.4, 0.5) is 0 Å². The highest BCUT2D eigenvalue weighted by Crippen LogP contribution is 2.18. The summed E-state index contributed by atoms with van der Waals surface area (Å²) in [6.45, 7) is 3.13. The van der Waals surface area contributed by atoms with Gasteiger partial charge in [-0.15, -0.1) is 0 Å². The molecule has 0 amide bonds. The van der Waals surface area contributed by atoms with Crippen LogP contribution in [0.2, 0.25) is 0 Å². The van der Waals surface area contributed by atoms with Crippen molar-refractivity contribution in [3.8, 4) is 0 Å². The molecule has 0 heterocycles. The highest BCUT2D eigenvalue weighted by atomic mass is 16.5. The Morgan fingerprint density at radius 3 is 1.29 bits per heavy atom. The first-order valence-corrected chi connectivity index (χ1v) is 19.3. The van der Waals surface area contributed by atoms with Gasteiger partial charge in [0, 0.05) is 12.8 Å². The average molecular weight is 691 g/mol. The lowest BCUT2D eigenvalue weighted by Crippen LogP contribution is -2.25. The number of carbonyl (C=O) groups excluding carboxylic acids is 2. The number of aliphatic carboxylic acids is 1. The molecule has 0 aliphatic rings. The topological polar surface area (TPSA) is 171 Å². The van der Waals surface area contributed by atoms with E-state index < -0.39 is 31.4 Å². The normalized spacial score (nSPS) is 12.9. The molecule has 10 heteroatoms. The first kappa shape index (κ1) is 48.4. The van der Waals surface area contributed by atoms with Gasteiger partial charge in [0.05, 0.1) is 19.1 Å².